The lowest BCUT2D eigenvalue weighted by molar-refractivity contribution is 0.0505. The number of carbonyl (C=O) groups excluding carboxylic acids is 2. The first kappa shape index (κ1) is 18.8. The zero-order chi connectivity index (χ0) is 19.6. The Morgan fingerprint density at radius 1 is 1.26 bits per heavy atom. The maximum atomic E-state index is 12.7. The molecule has 1 aromatic carbocycles. The van der Waals surface area contributed by atoms with E-state index < -0.39 is 5.97 Å². The van der Waals surface area contributed by atoms with Crippen LogP contribution < -0.4 is 11.1 Å². The number of rotatable bonds is 5. The third kappa shape index (κ3) is 3.93. The second-order valence-electron chi connectivity index (χ2n) is 6.28. The highest BCUT2D eigenvalue weighted by Crippen LogP contribution is 2.35. The molecule has 0 saturated heterocycles. The summed E-state index contributed by atoms with van der Waals surface area (Å²) in [5.41, 5.74) is 9.40. The van der Waals surface area contributed by atoms with Gasteiger partial charge in [-0.1, -0.05) is 13.0 Å². The smallest absolute Gasteiger partial charge is 0.338 e. The molecule has 3 rings (SSSR count). The molecule has 0 aliphatic heterocycles. The van der Waals surface area contributed by atoms with E-state index in [0.29, 0.717) is 28.4 Å². The third-order valence-corrected chi connectivity index (χ3v) is 5.12. The number of anilines is 2. The molecule has 0 atom stereocenters. The molecule has 140 valence electrons. The van der Waals surface area contributed by atoms with E-state index in [1.165, 1.54) is 11.3 Å². The molecule has 0 unspecified atom stereocenters. The molecule has 6 nitrogen and oxygen atoms in total. The molecule has 0 aliphatic rings. The van der Waals surface area contributed by atoms with E-state index in [2.05, 4.69) is 10.3 Å². The first-order valence-corrected chi connectivity index (χ1v) is 9.47. The SMILES string of the molecule is CCCOC(=O)c1cccc(NC(=O)c2sc3nc(C)cc(C)c3c2N)c1. The number of nitrogens with two attached hydrogens (primary N) is 1. The Labute approximate surface area is 161 Å². The summed E-state index contributed by atoms with van der Waals surface area (Å²) in [6, 6.07) is 8.59. The molecule has 3 aromatic rings. The number of ether oxygens (including phenoxy) is 1. The molecule has 0 fully saturated rings. The number of esters is 1. The second kappa shape index (κ2) is 7.75. The summed E-state index contributed by atoms with van der Waals surface area (Å²) in [6.07, 6.45) is 0.750. The number of nitrogens with one attached hydrogen (secondary N) is 1. The Morgan fingerprint density at radius 3 is 2.78 bits per heavy atom. The summed E-state index contributed by atoms with van der Waals surface area (Å²) in [7, 11) is 0. The number of nitrogens with zero attached hydrogens (tertiary/aromatic N) is 1. The molecule has 2 aromatic heterocycles. The van der Waals surface area contributed by atoms with E-state index in [4.69, 9.17) is 10.5 Å². The van der Waals surface area contributed by atoms with Crippen molar-refractivity contribution in [3.63, 3.8) is 0 Å². The van der Waals surface area contributed by atoms with Gasteiger partial charge in [0.1, 0.15) is 9.71 Å². The standard InChI is InChI=1S/C20H21N3O3S/c1-4-8-26-20(25)13-6-5-7-14(10-13)23-18(24)17-16(21)15-11(2)9-12(3)22-19(15)27-17/h5-7,9-10H,4,8,21H2,1-3H3,(H,23,24). The van der Waals surface area contributed by atoms with Crippen LogP contribution in [0.4, 0.5) is 11.4 Å². The average molecular weight is 383 g/mol. The Hall–Kier alpha value is -2.93. The van der Waals surface area contributed by atoms with Gasteiger partial charge in [0.15, 0.2) is 0 Å². The fraction of sp³-hybridized carbons (Fsp3) is 0.250. The van der Waals surface area contributed by atoms with Crippen LogP contribution in [0.25, 0.3) is 10.2 Å². The zero-order valence-electron chi connectivity index (χ0n) is 15.5. The number of hydrogen-bond acceptors (Lipinski definition) is 6. The van der Waals surface area contributed by atoms with Crippen molar-refractivity contribution in [2.24, 2.45) is 0 Å². The molecule has 0 bridgehead atoms. The molecule has 2 heterocycles. The van der Waals surface area contributed by atoms with E-state index in [1.54, 1.807) is 24.3 Å². The molecule has 0 spiro atoms. The van der Waals surface area contributed by atoms with Gasteiger partial charge < -0.3 is 15.8 Å². The Bertz CT molecular complexity index is 1030. The van der Waals surface area contributed by atoms with E-state index in [1.807, 2.05) is 26.8 Å². The quantitative estimate of drug-likeness (QED) is 0.640. The summed E-state index contributed by atoms with van der Waals surface area (Å²) in [5.74, 6) is -0.740. The van der Waals surface area contributed by atoms with Crippen molar-refractivity contribution in [2.45, 2.75) is 27.2 Å². The highest BCUT2D eigenvalue weighted by atomic mass is 32.1. The van der Waals surface area contributed by atoms with E-state index >= 15 is 0 Å². The van der Waals surface area contributed by atoms with Crippen LogP contribution in [0.2, 0.25) is 0 Å². The van der Waals surface area contributed by atoms with Crippen LogP contribution in [0.15, 0.2) is 30.3 Å². The predicted octanol–water partition coefficient (Wildman–Crippen LogP) is 4.31. The Kier molecular flexibility index (Phi) is 5.41. The lowest BCUT2D eigenvalue weighted by atomic mass is 10.1. The molecule has 0 saturated carbocycles. The topological polar surface area (TPSA) is 94.3 Å². The van der Waals surface area contributed by atoms with Crippen LogP contribution in [-0.4, -0.2) is 23.5 Å². The van der Waals surface area contributed by atoms with Gasteiger partial charge in [0, 0.05) is 16.8 Å². The third-order valence-electron chi connectivity index (χ3n) is 4.02. The summed E-state index contributed by atoms with van der Waals surface area (Å²) in [4.78, 5) is 30.3. The van der Waals surface area contributed by atoms with E-state index in [0.717, 1.165) is 27.9 Å². The van der Waals surface area contributed by atoms with Crippen molar-refractivity contribution < 1.29 is 14.3 Å². The van der Waals surface area contributed by atoms with Gasteiger partial charge in [-0.25, -0.2) is 9.78 Å². The highest BCUT2D eigenvalue weighted by molar-refractivity contribution is 7.21. The van der Waals surface area contributed by atoms with Crippen molar-refractivity contribution in [3.05, 3.63) is 52.0 Å². The van der Waals surface area contributed by atoms with E-state index in [9.17, 15) is 9.59 Å². The fourth-order valence-electron chi connectivity index (χ4n) is 2.83. The van der Waals surface area contributed by atoms with Crippen molar-refractivity contribution in [1.29, 1.82) is 0 Å². The first-order valence-electron chi connectivity index (χ1n) is 8.65. The van der Waals surface area contributed by atoms with Crippen molar-refractivity contribution >= 4 is 44.8 Å². The lowest BCUT2D eigenvalue weighted by Gasteiger charge is -2.07. The number of thiophene rings is 1. The minimum absolute atomic E-state index is 0.327. The largest absolute Gasteiger partial charge is 0.462 e. The number of pyridine rings is 1. The van der Waals surface area contributed by atoms with Crippen LogP contribution in [0, 0.1) is 13.8 Å². The summed E-state index contributed by atoms with van der Waals surface area (Å²) in [5, 5.41) is 3.61. The molecule has 0 radical (unpaired) electrons. The summed E-state index contributed by atoms with van der Waals surface area (Å²) >= 11 is 1.26. The lowest BCUT2D eigenvalue weighted by Crippen LogP contribution is -2.13. The number of aryl methyl sites for hydroxylation is 2. The molecule has 27 heavy (non-hydrogen) atoms. The van der Waals surface area contributed by atoms with Crippen molar-refractivity contribution in [3.8, 4) is 0 Å². The van der Waals surface area contributed by atoms with Gasteiger partial charge in [-0.15, -0.1) is 11.3 Å². The maximum Gasteiger partial charge on any atom is 0.338 e. The van der Waals surface area contributed by atoms with Crippen LogP contribution in [-0.2, 0) is 4.74 Å². The fourth-order valence-corrected chi connectivity index (χ4v) is 3.94. The van der Waals surface area contributed by atoms with Crippen LogP contribution >= 0.6 is 11.3 Å². The molecule has 7 heteroatoms. The zero-order valence-corrected chi connectivity index (χ0v) is 16.3. The van der Waals surface area contributed by atoms with Gasteiger partial charge in [0.25, 0.3) is 5.91 Å². The van der Waals surface area contributed by atoms with Gasteiger partial charge in [0.2, 0.25) is 0 Å². The van der Waals surface area contributed by atoms with Crippen LogP contribution in [0.1, 0.15) is 44.6 Å². The van der Waals surface area contributed by atoms with Crippen molar-refractivity contribution in [2.75, 3.05) is 17.7 Å². The normalized spacial score (nSPS) is 10.8. The van der Waals surface area contributed by atoms with Crippen LogP contribution in [0.3, 0.4) is 0 Å². The number of amides is 1. The van der Waals surface area contributed by atoms with Gasteiger partial charge in [-0.05, 0) is 50.1 Å². The minimum atomic E-state index is -0.412. The average Bonchev–Trinajstić information content (AvgIpc) is 2.96. The Morgan fingerprint density at radius 2 is 2.04 bits per heavy atom. The molecular formula is C20H21N3O3S. The molecule has 1 amide bonds. The minimum Gasteiger partial charge on any atom is -0.462 e. The summed E-state index contributed by atoms with van der Waals surface area (Å²) < 4.78 is 5.13. The summed E-state index contributed by atoms with van der Waals surface area (Å²) in [6.45, 7) is 6.15. The number of carbonyl (C=O) groups is 2. The monoisotopic (exact) mass is 383 g/mol. The van der Waals surface area contributed by atoms with Gasteiger partial charge in [0.05, 0.1) is 17.9 Å². The number of fused-ring (bicyclic) bond motifs is 1. The Balaban J connectivity index is 1.86. The first-order chi connectivity index (χ1) is 12.9. The van der Waals surface area contributed by atoms with Gasteiger partial charge in [-0.2, -0.15) is 0 Å². The number of hydrogen-bond donors (Lipinski definition) is 2. The molecular weight excluding hydrogens is 362 g/mol. The predicted molar refractivity (Wildman–Crippen MR) is 108 cm³/mol. The van der Waals surface area contributed by atoms with Crippen LogP contribution in [0.5, 0.6) is 0 Å². The maximum absolute atomic E-state index is 12.7. The highest BCUT2D eigenvalue weighted by Gasteiger charge is 2.19. The number of nitrogen functional groups attached to an aromatic ring is 1. The van der Waals surface area contributed by atoms with Crippen molar-refractivity contribution in [1.82, 2.24) is 4.98 Å². The van der Waals surface area contributed by atoms with Gasteiger partial charge >= 0.3 is 5.97 Å². The number of benzene rings is 1. The molecule has 0 aliphatic carbocycles. The second-order valence-corrected chi connectivity index (χ2v) is 7.28. The molecule has 3 N–H and O–H groups in total. The van der Waals surface area contributed by atoms with E-state index in [-0.39, 0.29) is 5.91 Å². The number of aromatic nitrogens is 1. The van der Waals surface area contributed by atoms with Gasteiger partial charge in [-0.3, -0.25) is 4.79 Å².